The maximum absolute atomic E-state index is 13.1. The van der Waals surface area contributed by atoms with Crippen molar-refractivity contribution in [1.29, 1.82) is 0 Å². The molecule has 22 heavy (non-hydrogen) atoms. The molecule has 1 aliphatic rings. The number of likely N-dealkylation sites (tertiary alicyclic amines) is 1. The zero-order valence-electron chi connectivity index (χ0n) is 12.3. The molecule has 1 amide bonds. The number of nitrogens with zero attached hydrogens (tertiary/aromatic N) is 3. The van der Waals surface area contributed by atoms with Crippen molar-refractivity contribution in [3.63, 3.8) is 0 Å². The van der Waals surface area contributed by atoms with Gasteiger partial charge in [-0.2, -0.15) is 5.10 Å². The van der Waals surface area contributed by atoms with Gasteiger partial charge in [0.15, 0.2) is 0 Å². The van der Waals surface area contributed by atoms with E-state index in [9.17, 15) is 9.18 Å². The summed E-state index contributed by atoms with van der Waals surface area (Å²) in [5.41, 5.74) is 1.86. The highest BCUT2D eigenvalue weighted by molar-refractivity contribution is 5.65. The number of aromatic nitrogens is 2. The highest BCUT2D eigenvalue weighted by Gasteiger charge is 2.31. The molecule has 0 saturated carbocycles. The van der Waals surface area contributed by atoms with E-state index in [2.05, 4.69) is 12.0 Å². The SMILES string of the molecule is C[C@@H]1CN(C(=O)O)CC[C@@H]1c1ccnn1-c1ccc(F)cc1. The monoisotopic (exact) mass is 303 g/mol. The molecule has 1 aromatic heterocycles. The number of rotatable bonds is 2. The molecular formula is C16H18FN3O2. The Hall–Kier alpha value is -2.37. The van der Waals surface area contributed by atoms with Crippen molar-refractivity contribution < 1.29 is 14.3 Å². The van der Waals surface area contributed by atoms with Crippen LogP contribution in [0.3, 0.4) is 0 Å². The van der Waals surface area contributed by atoms with Crippen LogP contribution in [0.2, 0.25) is 0 Å². The van der Waals surface area contributed by atoms with Crippen LogP contribution in [-0.2, 0) is 0 Å². The third-order valence-electron chi connectivity index (χ3n) is 4.30. The van der Waals surface area contributed by atoms with Crippen molar-refractivity contribution in [2.45, 2.75) is 19.3 Å². The first-order valence-corrected chi connectivity index (χ1v) is 7.34. The molecule has 1 fully saturated rings. The maximum Gasteiger partial charge on any atom is 0.407 e. The Bertz CT molecular complexity index is 668. The minimum Gasteiger partial charge on any atom is -0.465 e. The van der Waals surface area contributed by atoms with E-state index < -0.39 is 6.09 Å². The Morgan fingerprint density at radius 1 is 1.32 bits per heavy atom. The number of hydrogen-bond donors (Lipinski definition) is 1. The molecule has 5 nitrogen and oxygen atoms in total. The van der Waals surface area contributed by atoms with Crippen molar-refractivity contribution in [2.75, 3.05) is 13.1 Å². The normalized spacial score (nSPS) is 21.8. The zero-order chi connectivity index (χ0) is 15.7. The number of carboxylic acid groups (broad SMARTS) is 1. The fourth-order valence-corrected chi connectivity index (χ4v) is 3.15. The topological polar surface area (TPSA) is 58.4 Å². The van der Waals surface area contributed by atoms with Gasteiger partial charge in [-0.05, 0) is 42.7 Å². The van der Waals surface area contributed by atoms with E-state index in [4.69, 9.17) is 5.11 Å². The average Bonchev–Trinajstić information content (AvgIpc) is 2.97. The molecule has 0 radical (unpaired) electrons. The molecular weight excluding hydrogens is 285 g/mol. The first-order valence-electron chi connectivity index (χ1n) is 7.34. The second kappa shape index (κ2) is 5.79. The number of amides is 1. The first-order chi connectivity index (χ1) is 10.6. The molecule has 1 aromatic carbocycles. The summed E-state index contributed by atoms with van der Waals surface area (Å²) in [4.78, 5) is 12.5. The van der Waals surface area contributed by atoms with Gasteiger partial charge >= 0.3 is 6.09 Å². The van der Waals surface area contributed by atoms with Gasteiger partial charge in [-0.15, -0.1) is 0 Å². The van der Waals surface area contributed by atoms with Crippen molar-refractivity contribution >= 4 is 6.09 Å². The van der Waals surface area contributed by atoms with Gasteiger partial charge in [-0.25, -0.2) is 13.9 Å². The second-order valence-electron chi connectivity index (χ2n) is 5.75. The molecule has 116 valence electrons. The van der Waals surface area contributed by atoms with Crippen LogP contribution in [-0.4, -0.2) is 39.0 Å². The Balaban J connectivity index is 1.86. The fraction of sp³-hybridized carbons (Fsp3) is 0.375. The van der Waals surface area contributed by atoms with E-state index in [1.807, 2.05) is 10.7 Å². The number of halogens is 1. The summed E-state index contributed by atoms with van der Waals surface area (Å²) < 4.78 is 14.9. The molecule has 0 unspecified atom stereocenters. The summed E-state index contributed by atoms with van der Waals surface area (Å²) >= 11 is 0. The summed E-state index contributed by atoms with van der Waals surface area (Å²) in [5.74, 6) is 0.171. The van der Waals surface area contributed by atoms with Gasteiger partial charge in [0, 0.05) is 30.9 Å². The third kappa shape index (κ3) is 2.68. The Labute approximate surface area is 128 Å². The molecule has 2 aromatic rings. The lowest BCUT2D eigenvalue weighted by Gasteiger charge is -2.35. The van der Waals surface area contributed by atoms with E-state index in [-0.39, 0.29) is 17.7 Å². The van der Waals surface area contributed by atoms with Crippen LogP contribution in [0.15, 0.2) is 36.5 Å². The molecule has 2 atom stereocenters. The Kier molecular flexibility index (Phi) is 3.83. The first kappa shape index (κ1) is 14.6. The van der Waals surface area contributed by atoms with E-state index in [0.717, 1.165) is 17.8 Å². The van der Waals surface area contributed by atoms with Crippen molar-refractivity contribution in [2.24, 2.45) is 5.92 Å². The molecule has 2 heterocycles. The number of carbonyl (C=O) groups is 1. The third-order valence-corrected chi connectivity index (χ3v) is 4.30. The summed E-state index contributed by atoms with van der Waals surface area (Å²) in [6.07, 6.45) is 1.63. The molecule has 0 aliphatic carbocycles. The highest BCUT2D eigenvalue weighted by atomic mass is 19.1. The van der Waals surface area contributed by atoms with Crippen LogP contribution in [0.25, 0.3) is 5.69 Å². The van der Waals surface area contributed by atoms with Gasteiger partial charge in [0.05, 0.1) is 5.69 Å². The predicted molar refractivity (Wildman–Crippen MR) is 79.6 cm³/mol. The summed E-state index contributed by atoms with van der Waals surface area (Å²) in [5, 5.41) is 13.4. The lowest BCUT2D eigenvalue weighted by molar-refractivity contribution is 0.115. The van der Waals surface area contributed by atoms with Gasteiger partial charge in [0.25, 0.3) is 0 Å². The van der Waals surface area contributed by atoms with Crippen molar-refractivity contribution in [1.82, 2.24) is 14.7 Å². The summed E-state index contributed by atoms with van der Waals surface area (Å²) in [6.45, 7) is 3.11. The van der Waals surface area contributed by atoms with Crippen LogP contribution >= 0.6 is 0 Å². The number of benzene rings is 1. The average molecular weight is 303 g/mol. The standard InChI is InChI=1S/C16H18FN3O2/c1-11-10-19(16(21)22)9-7-14(11)15-6-8-18-20(15)13-4-2-12(17)3-5-13/h2-6,8,11,14H,7,9-10H2,1H3,(H,21,22)/t11-,14+/m1/s1. The van der Waals surface area contributed by atoms with E-state index in [1.54, 1.807) is 18.3 Å². The lowest BCUT2D eigenvalue weighted by atomic mass is 9.84. The van der Waals surface area contributed by atoms with Crippen LogP contribution in [0.5, 0.6) is 0 Å². The largest absolute Gasteiger partial charge is 0.465 e. The minimum absolute atomic E-state index is 0.209. The summed E-state index contributed by atoms with van der Waals surface area (Å²) in [6, 6.07) is 8.18. The Morgan fingerprint density at radius 2 is 2.05 bits per heavy atom. The predicted octanol–water partition coefficient (Wildman–Crippen LogP) is 3.11. The van der Waals surface area contributed by atoms with Gasteiger partial charge in [0.2, 0.25) is 0 Å². The van der Waals surface area contributed by atoms with Gasteiger partial charge in [0.1, 0.15) is 5.82 Å². The molecule has 1 saturated heterocycles. The maximum atomic E-state index is 13.1. The van der Waals surface area contributed by atoms with Crippen LogP contribution in [0.4, 0.5) is 9.18 Å². The molecule has 0 bridgehead atoms. The molecule has 6 heteroatoms. The zero-order valence-corrected chi connectivity index (χ0v) is 12.3. The van der Waals surface area contributed by atoms with E-state index >= 15 is 0 Å². The molecule has 0 spiro atoms. The van der Waals surface area contributed by atoms with Crippen molar-refractivity contribution in [3.8, 4) is 5.69 Å². The molecule has 1 N–H and O–H groups in total. The number of piperidine rings is 1. The fourth-order valence-electron chi connectivity index (χ4n) is 3.15. The quantitative estimate of drug-likeness (QED) is 0.927. The lowest BCUT2D eigenvalue weighted by Crippen LogP contribution is -2.41. The van der Waals surface area contributed by atoms with E-state index in [0.29, 0.717) is 13.1 Å². The van der Waals surface area contributed by atoms with E-state index in [1.165, 1.54) is 17.0 Å². The second-order valence-corrected chi connectivity index (χ2v) is 5.75. The highest BCUT2D eigenvalue weighted by Crippen LogP contribution is 2.33. The smallest absolute Gasteiger partial charge is 0.407 e. The van der Waals surface area contributed by atoms with Gasteiger partial charge < -0.3 is 10.0 Å². The van der Waals surface area contributed by atoms with Crippen molar-refractivity contribution in [3.05, 3.63) is 48.0 Å². The van der Waals surface area contributed by atoms with Crippen LogP contribution < -0.4 is 0 Å². The molecule has 3 rings (SSSR count). The van der Waals surface area contributed by atoms with Crippen LogP contribution in [0.1, 0.15) is 25.0 Å². The number of hydrogen-bond acceptors (Lipinski definition) is 2. The van der Waals surface area contributed by atoms with Gasteiger partial charge in [-0.3, -0.25) is 0 Å². The summed E-state index contributed by atoms with van der Waals surface area (Å²) in [7, 11) is 0. The minimum atomic E-state index is -0.864. The van der Waals surface area contributed by atoms with Crippen LogP contribution in [0, 0.1) is 11.7 Å². The van der Waals surface area contributed by atoms with Gasteiger partial charge in [-0.1, -0.05) is 6.92 Å². The molecule has 1 aliphatic heterocycles. The Morgan fingerprint density at radius 3 is 2.68 bits per heavy atom.